The molecule has 1 aromatic carbocycles. The topological polar surface area (TPSA) is 95.5 Å². The fourth-order valence-electron chi connectivity index (χ4n) is 4.98. The summed E-state index contributed by atoms with van der Waals surface area (Å²) in [5, 5.41) is 2.63. The number of hydrogen-bond acceptors (Lipinski definition) is 5. The third kappa shape index (κ3) is 6.84. The van der Waals surface area contributed by atoms with Gasteiger partial charge >= 0.3 is 0 Å². The van der Waals surface area contributed by atoms with E-state index in [4.69, 9.17) is 11.6 Å². The van der Waals surface area contributed by atoms with Crippen LogP contribution in [0.5, 0.6) is 0 Å². The highest BCUT2D eigenvalue weighted by Crippen LogP contribution is 2.36. The van der Waals surface area contributed by atoms with Crippen LogP contribution in [0.25, 0.3) is 0 Å². The van der Waals surface area contributed by atoms with E-state index >= 15 is 0 Å². The molecular formula is C29H29ClF3N5O3. The number of nitrogens with zero attached hydrogens (tertiary/aromatic N) is 4. The summed E-state index contributed by atoms with van der Waals surface area (Å²) < 4.78 is 42.4. The minimum Gasteiger partial charge on any atom is -0.351 e. The highest BCUT2D eigenvalue weighted by molar-refractivity contribution is 6.32. The molecule has 1 aromatic heterocycles. The summed E-state index contributed by atoms with van der Waals surface area (Å²) >= 11 is 6.50. The molecule has 2 aliphatic rings. The highest BCUT2D eigenvalue weighted by atomic mass is 35.5. The number of alkyl halides is 2. The van der Waals surface area contributed by atoms with Gasteiger partial charge in [-0.1, -0.05) is 36.4 Å². The average molecular weight is 588 g/mol. The Morgan fingerprint density at radius 2 is 1.98 bits per heavy atom. The third-order valence-corrected chi connectivity index (χ3v) is 7.29. The molecule has 3 amide bonds. The van der Waals surface area contributed by atoms with Crippen molar-refractivity contribution < 1.29 is 27.6 Å². The number of benzene rings is 1. The van der Waals surface area contributed by atoms with Crippen molar-refractivity contribution in [3.8, 4) is 0 Å². The van der Waals surface area contributed by atoms with E-state index in [1.54, 1.807) is 25.1 Å². The number of anilines is 2. The summed E-state index contributed by atoms with van der Waals surface area (Å²) in [7, 11) is 0. The van der Waals surface area contributed by atoms with Crippen molar-refractivity contribution in [1.29, 1.82) is 0 Å². The summed E-state index contributed by atoms with van der Waals surface area (Å²) in [6.07, 6.45) is 6.72. The quantitative estimate of drug-likeness (QED) is 0.413. The molecule has 216 valence electrons. The Labute approximate surface area is 240 Å². The van der Waals surface area contributed by atoms with Crippen LogP contribution in [-0.2, 0) is 14.4 Å². The second kappa shape index (κ2) is 12.7. The zero-order chi connectivity index (χ0) is 29.7. The first-order chi connectivity index (χ1) is 19.5. The van der Waals surface area contributed by atoms with Gasteiger partial charge in [-0.2, -0.15) is 0 Å². The Kier molecular flexibility index (Phi) is 9.27. The zero-order valence-electron chi connectivity index (χ0n) is 22.3. The van der Waals surface area contributed by atoms with Gasteiger partial charge in [0.15, 0.2) is 0 Å². The van der Waals surface area contributed by atoms with Gasteiger partial charge in [0.05, 0.1) is 0 Å². The predicted molar refractivity (Wildman–Crippen MR) is 149 cm³/mol. The highest BCUT2D eigenvalue weighted by Gasteiger charge is 2.46. The molecule has 8 nitrogen and oxygen atoms in total. The lowest BCUT2D eigenvalue weighted by atomic mass is 10.0. The van der Waals surface area contributed by atoms with Crippen LogP contribution in [-0.4, -0.2) is 51.7 Å². The maximum Gasteiger partial charge on any atom is 0.251 e. The van der Waals surface area contributed by atoms with Crippen molar-refractivity contribution >= 4 is 41.0 Å². The Hall–Kier alpha value is -3.99. The third-order valence-electron chi connectivity index (χ3n) is 6.92. The van der Waals surface area contributed by atoms with Crippen molar-refractivity contribution in [3.63, 3.8) is 0 Å². The van der Waals surface area contributed by atoms with Crippen LogP contribution >= 0.6 is 11.6 Å². The molecule has 1 aliphatic heterocycles. The van der Waals surface area contributed by atoms with Gasteiger partial charge in [0.1, 0.15) is 17.9 Å². The molecule has 2 heterocycles. The lowest BCUT2D eigenvalue weighted by Gasteiger charge is -2.36. The van der Waals surface area contributed by atoms with Crippen molar-refractivity contribution in [1.82, 2.24) is 15.3 Å². The van der Waals surface area contributed by atoms with Gasteiger partial charge in [0.2, 0.25) is 23.7 Å². The van der Waals surface area contributed by atoms with E-state index in [9.17, 15) is 27.6 Å². The summed E-state index contributed by atoms with van der Waals surface area (Å²) in [6.45, 7) is 5.71. The molecule has 2 aromatic rings. The van der Waals surface area contributed by atoms with Crippen LogP contribution in [0, 0.1) is 5.82 Å². The Bertz CT molecular complexity index is 1380. The Morgan fingerprint density at radius 3 is 2.61 bits per heavy atom. The van der Waals surface area contributed by atoms with Crippen LogP contribution in [0.15, 0.2) is 78.1 Å². The van der Waals surface area contributed by atoms with Crippen LogP contribution in [0.4, 0.5) is 24.8 Å². The van der Waals surface area contributed by atoms with Crippen LogP contribution < -0.4 is 15.1 Å². The van der Waals surface area contributed by atoms with E-state index in [1.807, 2.05) is 0 Å². The summed E-state index contributed by atoms with van der Waals surface area (Å²) in [5.41, 5.74) is -0.0479. The van der Waals surface area contributed by atoms with Gasteiger partial charge in [-0.3, -0.25) is 24.2 Å². The number of hydrogen-bond donors (Lipinski definition) is 1. The van der Waals surface area contributed by atoms with Gasteiger partial charge in [-0.15, -0.1) is 0 Å². The number of rotatable bonds is 9. The molecule has 3 atom stereocenters. The molecule has 1 aliphatic carbocycles. The normalized spacial score (nSPS) is 21.2. The van der Waals surface area contributed by atoms with Gasteiger partial charge < -0.3 is 5.32 Å². The van der Waals surface area contributed by atoms with Gasteiger partial charge in [0, 0.05) is 48.4 Å². The molecule has 2 fully saturated rings. The first kappa shape index (κ1) is 30.0. The first-order valence-electron chi connectivity index (χ1n) is 13.1. The van der Waals surface area contributed by atoms with Crippen LogP contribution in [0.3, 0.4) is 0 Å². The fraction of sp³-hybridized carbons (Fsp3) is 0.345. The molecule has 1 saturated carbocycles. The molecule has 1 saturated heterocycles. The number of amides is 3. The molecular weight excluding hydrogens is 559 g/mol. The maximum absolute atomic E-state index is 14.5. The molecule has 12 heteroatoms. The van der Waals surface area contributed by atoms with E-state index in [0.29, 0.717) is 0 Å². The van der Waals surface area contributed by atoms with Gasteiger partial charge in [0.25, 0.3) is 5.91 Å². The second-order valence-corrected chi connectivity index (χ2v) is 10.2. The number of carbonyl (C=O) groups excluding carboxylic acids is 3. The van der Waals surface area contributed by atoms with Gasteiger partial charge in [-0.25, -0.2) is 23.1 Å². The van der Waals surface area contributed by atoms with E-state index in [-0.39, 0.29) is 41.5 Å². The first-order valence-corrected chi connectivity index (χ1v) is 13.4. The van der Waals surface area contributed by atoms with E-state index in [1.165, 1.54) is 36.7 Å². The molecule has 0 spiro atoms. The summed E-state index contributed by atoms with van der Waals surface area (Å²) in [6, 6.07) is 2.97. The van der Waals surface area contributed by atoms with E-state index < -0.39 is 60.4 Å². The Balaban J connectivity index is 1.81. The monoisotopic (exact) mass is 587 g/mol. The molecule has 41 heavy (non-hydrogen) atoms. The SMILES string of the molecule is C=C(/C(Cl)=C\C=C/C)[C@@H](C(=O)N[C@H]1CCC(F)(F)C1)N(C(=O)[C@@H]1CCC(=O)N1c1ncccn1)c1cccc(F)c1. The maximum atomic E-state index is 14.5. The zero-order valence-corrected chi connectivity index (χ0v) is 23.0. The number of aromatic nitrogens is 2. The minimum absolute atomic E-state index is 0.00255. The van der Waals surface area contributed by atoms with Gasteiger partial charge in [-0.05, 0) is 55.7 Å². The molecule has 4 rings (SSSR count). The number of carbonyl (C=O) groups is 3. The number of allylic oxidation sites excluding steroid dienone is 3. The lowest BCUT2D eigenvalue weighted by Crippen LogP contribution is -2.57. The Morgan fingerprint density at radius 1 is 1.24 bits per heavy atom. The van der Waals surface area contributed by atoms with Crippen LogP contribution in [0.2, 0.25) is 0 Å². The number of nitrogens with one attached hydrogen (secondary N) is 1. The van der Waals surface area contributed by atoms with E-state index in [2.05, 4.69) is 21.9 Å². The largest absolute Gasteiger partial charge is 0.351 e. The van der Waals surface area contributed by atoms with Crippen molar-refractivity contribution in [2.75, 3.05) is 9.80 Å². The van der Waals surface area contributed by atoms with Crippen molar-refractivity contribution in [2.24, 2.45) is 0 Å². The standard InChI is InChI=1S/C29H29ClF3N5O3/c1-3-4-9-22(30)18(2)25(26(40)36-20-12-13-29(32,33)17-20)37(21-8-5-7-19(31)16-21)27(41)23-10-11-24(39)38(23)28-34-14-6-15-35-28/h3-9,14-16,20,23,25H,2,10-13,17H2,1H3,(H,36,40)/b4-3-,22-9+/t20-,23-,25-/m0/s1. The molecule has 0 radical (unpaired) electrons. The molecule has 1 N–H and O–H groups in total. The predicted octanol–water partition coefficient (Wildman–Crippen LogP) is 5.07. The molecule has 0 unspecified atom stereocenters. The smallest absolute Gasteiger partial charge is 0.251 e. The fourth-order valence-corrected chi connectivity index (χ4v) is 5.15. The van der Waals surface area contributed by atoms with Crippen molar-refractivity contribution in [3.05, 3.63) is 84.0 Å². The molecule has 0 bridgehead atoms. The number of halogens is 4. The van der Waals surface area contributed by atoms with E-state index in [0.717, 1.165) is 15.9 Å². The minimum atomic E-state index is -2.94. The average Bonchev–Trinajstić information content (AvgIpc) is 3.50. The van der Waals surface area contributed by atoms with Crippen LogP contribution in [0.1, 0.15) is 39.0 Å². The lowest BCUT2D eigenvalue weighted by molar-refractivity contribution is -0.126. The summed E-state index contributed by atoms with van der Waals surface area (Å²) in [4.78, 5) is 51.4. The second-order valence-electron chi connectivity index (χ2n) is 9.83. The summed E-state index contributed by atoms with van der Waals surface area (Å²) in [5.74, 6) is -5.62. The van der Waals surface area contributed by atoms with Crippen molar-refractivity contribution in [2.45, 2.75) is 63.1 Å².